The van der Waals surface area contributed by atoms with Crippen LogP contribution in [0.2, 0.25) is 0 Å². The molecule has 0 aromatic heterocycles. The summed E-state index contributed by atoms with van der Waals surface area (Å²) in [6.07, 6.45) is 1.09. The minimum Gasteiger partial charge on any atom is -0.326 e. The van der Waals surface area contributed by atoms with Gasteiger partial charge in [-0.1, -0.05) is 31.2 Å². The third-order valence-corrected chi connectivity index (χ3v) is 3.90. The molecule has 0 bridgehead atoms. The first-order valence-electron chi connectivity index (χ1n) is 8.21. The topological polar surface area (TPSA) is 73.2 Å². The van der Waals surface area contributed by atoms with Gasteiger partial charge in [0.15, 0.2) is 0 Å². The van der Waals surface area contributed by atoms with Gasteiger partial charge < -0.3 is 10.2 Å². The Morgan fingerprint density at radius 2 is 1.80 bits per heavy atom. The van der Waals surface area contributed by atoms with Crippen molar-refractivity contribution in [3.8, 4) is 6.07 Å². The molecule has 0 heterocycles. The van der Waals surface area contributed by atoms with Crippen molar-refractivity contribution >= 4 is 23.2 Å². The molecule has 25 heavy (non-hydrogen) atoms. The lowest BCUT2D eigenvalue weighted by Crippen LogP contribution is -2.32. The summed E-state index contributed by atoms with van der Waals surface area (Å²) in [4.78, 5) is 25.6. The zero-order valence-electron chi connectivity index (χ0n) is 14.5. The van der Waals surface area contributed by atoms with Crippen molar-refractivity contribution in [1.29, 1.82) is 5.26 Å². The van der Waals surface area contributed by atoms with Gasteiger partial charge in [-0.3, -0.25) is 9.59 Å². The maximum atomic E-state index is 12.2. The second kappa shape index (κ2) is 8.65. The van der Waals surface area contributed by atoms with Gasteiger partial charge in [0.2, 0.25) is 11.8 Å². The Labute approximate surface area is 147 Å². The largest absolute Gasteiger partial charge is 0.326 e. The van der Waals surface area contributed by atoms with Gasteiger partial charge in [-0.25, -0.2) is 0 Å². The van der Waals surface area contributed by atoms with E-state index in [1.165, 1.54) is 17.4 Å². The van der Waals surface area contributed by atoms with Gasteiger partial charge in [-0.05, 0) is 36.2 Å². The summed E-state index contributed by atoms with van der Waals surface area (Å²) in [5.74, 6) is -0.382. The fraction of sp³-hybridized carbons (Fsp3) is 0.250. The van der Waals surface area contributed by atoms with Crippen molar-refractivity contribution in [2.24, 2.45) is 0 Å². The molecule has 0 saturated carbocycles. The predicted octanol–water partition coefficient (Wildman–Crippen LogP) is 3.50. The van der Waals surface area contributed by atoms with Crippen molar-refractivity contribution < 1.29 is 9.59 Å². The van der Waals surface area contributed by atoms with Gasteiger partial charge in [0.05, 0.1) is 11.3 Å². The second-order valence-electron chi connectivity index (χ2n) is 5.65. The van der Waals surface area contributed by atoms with Gasteiger partial charge in [0.1, 0.15) is 6.07 Å². The Balaban J connectivity index is 2.02. The van der Waals surface area contributed by atoms with Gasteiger partial charge in [-0.2, -0.15) is 5.26 Å². The molecular weight excluding hydrogens is 314 g/mol. The van der Waals surface area contributed by atoms with E-state index in [-0.39, 0.29) is 24.8 Å². The molecule has 0 radical (unpaired) electrons. The first-order chi connectivity index (χ1) is 12.0. The summed E-state index contributed by atoms with van der Waals surface area (Å²) < 4.78 is 0. The van der Waals surface area contributed by atoms with E-state index in [2.05, 4.69) is 18.3 Å². The molecule has 2 rings (SSSR count). The first kappa shape index (κ1) is 18.2. The van der Waals surface area contributed by atoms with Crippen LogP contribution in [-0.2, 0) is 16.0 Å². The van der Waals surface area contributed by atoms with Crippen molar-refractivity contribution in [3.05, 3.63) is 59.7 Å². The van der Waals surface area contributed by atoms with E-state index in [1.807, 2.05) is 24.3 Å². The Bertz CT molecular complexity index is 791. The smallest absolute Gasteiger partial charge is 0.226 e. The number of nitriles is 1. The monoisotopic (exact) mass is 335 g/mol. The van der Waals surface area contributed by atoms with Gasteiger partial charge >= 0.3 is 0 Å². The summed E-state index contributed by atoms with van der Waals surface area (Å²) in [6.45, 7) is 3.71. The van der Waals surface area contributed by atoms with Crippen molar-refractivity contribution in [2.75, 3.05) is 16.8 Å². The van der Waals surface area contributed by atoms with Crippen LogP contribution in [0.15, 0.2) is 48.5 Å². The van der Waals surface area contributed by atoms with Crippen molar-refractivity contribution in [1.82, 2.24) is 0 Å². The number of rotatable bonds is 6. The summed E-state index contributed by atoms with van der Waals surface area (Å²) in [7, 11) is 0. The number of carbonyl (C=O) groups excluding carboxylic acids is 2. The lowest BCUT2D eigenvalue weighted by molar-refractivity contribution is -0.117. The van der Waals surface area contributed by atoms with E-state index in [1.54, 1.807) is 24.3 Å². The number of para-hydroxylation sites is 1. The SMILES string of the molecule is CCc1ccc(NC(=O)CCN(C(C)=O)c2ccccc2C#N)cc1. The third-order valence-electron chi connectivity index (χ3n) is 3.90. The molecule has 128 valence electrons. The van der Waals surface area contributed by atoms with Gasteiger partial charge in [-0.15, -0.1) is 0 Å². The molecular formula is C20H21N3O2. The number of aryl methyl sites for hydroxylation is 1. The summed E-state index contributed by atoms with van der Waals surface area (Å²) in [6, 6.07) is 16.6. The Morgan fingerprint density at radius 1 is 1.12 bits per heavy atom. The highest BCUT2D eigenvalue weighted by Crippen LogP contribution is 2.20. The number of nitrogens with one attached hydrogen (secondary N) is 1. The molecule has 0 aliphatic rings. The Kier molecular flexibility index (Phi) is 6.30. The van der Waals surface area contributed by atoms with Crippen LogP contribution in [0.4, 0.5) is 11.4 Å². The second-order valence-corrected chi connectivity index (χ2v) is 5.65. The normalized spacial score (nSPS) is 9.96. The molecule has 5 nitrogen and oxygen atoms in total. The molecule has 2 amide bonds. The maximum absolute atomic E-state index is 12.2. The highest BCUT2D eigenvalue weighted by molar-refractivity contribution is 5.95. The van der Waals surface area contributed by atoms with Crippen LogP contribution in [0.25, 0.3) is 0 Å². The number of hydrogen-bond donors (Lipinski definition) is 1. The number of carbonyl (C=O) groups is 2. The molecule has 5 heteroatoms. The molecule has 0 atom stereocenters. The highest BCUT2D eigenvalue weighted by Gasteiger charge is 2.16. The highest BCUT2D eigenvalue weighted by atomic mass is 16.2. The standard InChI is InChI=1S/C20H21N3O2/c1-3-16-8-10-18(11-9-16)22-20(25)12-13-23(15(2)24)19-7-5-4-6-17(19)14-21/h4-11H,3,12-13H2,1-2H3,(H,22,25). The lowest BCUT2D eigenvalue weighted by Gasteiger charge is -2.22. The van der Waals surface area contributed by atoms with E-state index in [0.29, 0.717) is 11.3 Å². The number of nitrogens with zero attached hydrogens (tertiary/aromatic N) is 2. The molecule has 0 fully saturated rings. The van der Waals surface area contributed by atoms with Gasteiger partial charge in [0, 0.05) is 25.6 Å². The number of benzene rings is 2. The number of hydrogen-bond acceptors (Lipinski definition) is 3. The number of anilines is 2. The van der Waals surface area contributed by atoms with Crippen LogP contribution < -0.4 is 10.2 Å². The van der Waals surface area contributed by atoms with Crippen LogP contribution in [0.1, 0.15) is 31.4 Å². The first-order valence-corrected chi connectivity index (χ1v) is 8.21. The van der Waals surface area contributed by atoms with Gasteiger partial charge in [0.25, 0.3) is 0 Å². The van der Waals surface area contributed by atoms with Crippen molar-refractivity contribution in [3.63, 3.8) is 0 Å². The van der Waals surface area contributed by atoms with Crippen LogP contribution in [-0.4, -0.2) is 18.4 Å². The quantitative estimate of drug-likeness (QED) is 0.878. The minimum absolute atomic E-state index is 0.148. The Hall–Kier alpha value is -3.13. The zero-order chi connectivity index (χ0) is 18.2. The summed E-state index contributed by atoms with van der Waals surface area (Å²) >= 11 is 0. The lowest BCUT2D eigenvalue weighted by atomic mass is 10.1. The molecule has 1 N–H and O–H groups in total. The van der Waals surface area contributed by atoms with Crippen LogP contribution in [0.3, 0.4) is 0 Å². The van der Waals surface area contributed by atoms with E-state index in [9.17, 15) is 14.9 Å². The molecule has 2 aromatic carbocycles. The fourth-order valence-corrected chi connectivity index (χ4v) is 2.51. The summed E-state index contributed by atoms with van der Waals surface area (Å²) in [5.41, 5.74) is 2.87. The average molecular weight is 335 g/mol. The molecule has 0 saturated heterocycles. The maximum Gasteiger partial charge on any atom is 0.226 e. The average Bonchev–Trinajstić information content (AvgIpc) is 2.62. The zero-order valence-corrected chi connectivity index (χ0v) is 14.5. The van der Waals surface area contributed by atoms with Crippen molar-refractivity contribution in [2.45, 2.75) is 26.7 Å². The summed E-state index contributed by atoms with van der Waals surface area (Å²) in [5, 5.41) is 12.0. The van der Waals surface area contributed by atoms with Crippen LogP contribution in [0, 0.1) is 11.3 Å². The minimum atomic E-state index is -0.206. The molecule has 0 unspecified atom stereocenters. The third kappa shape index (κ3) is 4.92. The van der Waals surface area contributed by atoms with Crippen LogP contribution >= 0.6 is 0 Å². The number of amides is 2. The molecule has 2 aromatic rings. The molecule has 0 spiro atoms. The Morgan fingerprint density at radius 3 is 2.40 bits per heavy atom. The van der Waals surface area contributed by atoms with E-state index >= 15 is 0 Å². The van der Waals surface area contributed by atoms with E-state index in [0.717, 1.165) is 12.1 Å². The fourth-order valence-electron chi connectivity index (χ4n) is 2.51. The predicted molar refractivity (Wildman–Crippen MR) is 98.3 cm³/mol. The molecule has 0 aliphatic carbocycles. The van der Waals surface area contributed by atoms with Crippen LogP contribution in [0.5, 0.6) is 0 Å². The van der Waals surface area contributed by atoms with E-state index < -0.39 is 0 Å². The molecule has 0 aliphatic heterocycles. The van der Waals surface area contributed by atoms with E-state index in [4.69, 9.17) is 0 Å².